The van der Waals surface area contributed by atoms with Crippen LogP contribution >= 0.6 is 0 Å². The lowest BCUT2D eigenvalue weighted by Crippen LogP contribution is -2.42. The van der Waals surface area contributed by atoms with Gasteiger partial charge in [-0.1, -0.05) is 34.1 Å². The van der Waals surface area contributed by atoms with Crippen LogP contribution in [0.2, 0.25) is 0 Å². The first-order valence-corrected chi connectivity index (χ1v) is 6.47. The zero-order chi connectivity index (χ0) is 12.0. The third-order valence-electron chi connectivity index (χ3n) is 3.45. The van der Waals surface area contributed by atoms with Gasteiger partial charge in [-0.25, -0.2) is 0 Å². The molecule has 1 unspecified atom stereocenters. The smallest absolute Gasteiger partial charge is 0.244 e. The van der Waals surface area contributed by atoms with E-state index in [1.807, 2.05) is 0 Å². The van der Waals surface area contributed by atoms with Crippen molar-refractivity contribution < 1.29 is 4.79 Å². The molecule has 16 heavy (non-hydrogen) atoms. The summed E-state index contributed by atoms with van der Waals surface area (Å²) < 4.78 is 0. The molecule has 2 rings (SSSR count). The Morgan fingerprint density at radius 1 is 1.44 bits per heavy atom. The standard InChI is InChI=1S/C13H24N2O/c1-5-6-10-14-13(7-8-13)11(16)15(10)9-12(2,3)4/h10,14H,5-9H2,1-4H3. The number of hydrogen-bond donors (Lipinski definition) is 1. The third-order valence-corrected chi connectivity index (χ3v) is 3.45. The highest BCUT2D eigenvalue weighted by Gasteiger charge is 2.58. The second kappa shape index (κ2) is 3.73. The van der Waals surface area contributed by atoms with Crippen molar-refractivity contribution in [1.82, 2.24) is 10.2 Å². The molecule has 0 aromatic heterocycles. The molecule has 0 bridgehead atoms. The molecule has 1 aliphatic carbocycles. The van der Waals surface area contributed by atoms with Gasteiger partial charge in [-0.2, -0.15) is 0 Å². The van der Waals surface area contributed by atoms with Gasteiger partial charge in [-0.15, -0.1) is 0 Å². The molecule has 1 amide bonds. The van der Waals surface area contributed by atoms with Crippen LogP contribution in [0.1, 0.15) is 53.4 Å². The van der Waals surface area contributed by atoms with Crippen molar-refractivity contribution in [1.29, 1.82) is 0 Å². The van der Waals surface area contributed by atoms with Crippen LogP contribution in [0.25, 0.3) is 0 Å². The van der Waals surface area contributed by atoms with E-state index in [1.165, 1.54) is 0 Å². The average molecular weight is 224 g/mol. The molecule has 1 heterocycles. The van der Waals surface area contributed by atoms with E-state index >= 15 is 0 Å². The summed E-state index contributed by atoms with van der Waals surface area (Å²) in [6.07, 6.45) is 4.55. The normalized spacial score (nSPS) is 27.9. The van der Waals surface area contributed by atoms with Crippen LogP contribution in [0.5, 0.6) is 0 Å². The summed E-state index contributed by atoms with van der Waals surface area (Å²) >= 11 is 0. The molecule has 92 valence electrons. The van der Waals surface area contributed by atoms with Crippen LogP contribution in [-0.4, -0.2) is 29.1 Å². The molecule has 1 aliphatic heterocycles. The molecule has 2 aliphatic rings. The lowest BCUT2D eigenvalue weighted by atomic mass is 9.95. The summed E-state index contributed by atoms with van der Waals surface area (Å²) in [5.41, 5.74) is 0.0365. The Labute approximate surface area is 98.6 Å². The van der Waals surface area contributed by atoms with Gasteiger partial charge in [0.15, 0.2) is 0 Å². The van der Waals surface area contributed by atoms with E-state index in [0.29, 0.717) is 5.91 Å². The fourth-order valence-corrected chi connectivity index (χ4v) is 2.55. The number of nitrogens with zero attached hydrogens (tertiary/aromatic N) is 1. The van der Waals surface area contributed by atoms with Crippen LogP contribution in [-0.2, 0) is 4.79 Å². The fraction of sp³-hybridized carbons (Fsp3) is 0.923. The minimum atomic E-state index is -0.148. The molecular formula is C13H24N2O. The molecular weight excluding hydrogens is 200 g/mol. The maximum Gasteiger partial charge on any atom is 0.244 e. The number of nitrogens with one attached hydrogen (secondary N) is 1. The van der Waals surface area contributed by atoms with Gasteiger partial charge in [0.05, 0.1) is 11.7 Å². The minimum absolute atomic E-state index is 0.148. The zero-order valence-electron chi connectivity index (χ0n) is 11.0. The van der Waals surface area contributed by atoms with E-state index in [2.05, 4.69) is 37.9 Å². The van der Waals surface area contributed by atoms with Gasteiger partial charge in [0, 0.05) is 6.54 Å². The van der Waals surface area contributed by atoms with Gasteiger partial charge in [0.1, 0.15) is 0 Å². The van der Waals surface area contributed by atoms with Crippen LogP contribution in [0.3, 0.4) is 0 Å². The average Bonchev–Trinajstić information content (AvgIpc) is 2.88. The van der Waals surface area contributed by atoms with Crippen LogP contribution in [0.4, 0.5) is 0 Å². The van der Waals surface area contributed by atoms with Gasteiger partial charge in [-0.05, 0) is 24.7 Å². The quantitative estimate of drug-likeness (QED) is 0.796. The second-order valence-corrected chi connectivity index (χ2v) is 6.52. The fourth-order valence-electron chi connectivity index (χ4n) is 2.55. The molecule has 0 aromatic rings. The summed E-state index contributed by atoms with van der Waals surface area (Å²) in [7, 11) is 0. The third kappa shape index (κ3) is 2.10. The Bertz CT molecular complexity index is 289. The number of hydrogen-bond acceptors (Lipinski definition) is 2. The SMILES string of the molecule is CCCC1NC2(CC2)C(=O)N1CC(C)(C)C. The van der Waals surface area contributed by atoms with Crippen LogP contribution in [0.15, 0.2) is 0 Å². The summed E-state index contributed by atoms with van der Waals surface area (Å²) in [4.78, 5) is 14.4. The first kappa shape index (κ1) is 11.9. The molecule has 1 saturated heterocycles. The minimum Gasteiger partial charge on any atom is -0.325 e. The predicted molar refractivity (Wildman–Crippen MR) is 65.0 cm³/mol. The van der Waals surface area contributed by atoms with Crippen molar-refractivity contribution in [2.75, 3.05) is 6.54 Å². The van der Waals surface area contributed by atoms with Crippen LogP contribution in [0, 0.1) is 5.41 Å². The monoisotopic (exact) mass is 224 g/mol. The highest BCUT2D eigenvalue weighted by atomic mass is 16.2. The summed E-state index contributed by atoms with van der Waals surface area (Å²) in [5.74, 6) is 0.348. The van der Waals surface area contributed by atoms with Crippen molar-refractivity contribution >= 4 is 5.91 Å². The number of carbonyl (C=O) groups is 1. The highest BCUT2D eigenvalue weighted by molar-refractivity contribution is 5.91. The van der Waals surface area contributed by atoms with Crippen molar-refractivity contribution in [2.45, 2.75) is 65.1 Å². The maximum absolute atomic E-state index is 12.3. The molecule has 1 saturated carbocycles. The Kier molecular flexibility index (Phi) is 2.77. The topological polar surface area (TPSA) is 32.3 Å². The summed E-state index contributed by atoms with van der Waals surface area (Å²) in [5, 5.41) is 3.54. The van der Waals surface area contributed by atoms with Crippen molar-refractivity contribution in [3.8, 4) is 0 Å². The van der Waals surface area contributed by atoms with Gasteiger partial charge in [0.25, 0.3) is 0 Å². The molecule has 1 spiro atoms. The van der Waals surface area contributed by atoms with E-state index in [0.717, 1.165) is 32.2 Å². The lowest BCUT2D eigenvalue weighted by Gasteiger charge is -2.30. The van der Waals surface area contributed by atoms with Crippen molar-refractivity contribution in [2.24, 2.45) is 5.41 Å². The van der Waals surface area contributed by atoms with E-state index in [1.54, 1.807) is 0 Å². The van der Waals surface area contributed by atoms with Gasteiger partial charge in [0.2, 0.25) is 5.91 Å². The molecule has 0 aromatic carbocycles. The number of amides is 1. The Morgan fingerprint density at radius 3 is 2.50 bits per heavy atom. The molecule has 2 fully saturated rings. The second-order valence-electron chi connectivity index (χ2n) is 6.52. The molecule has 1 N–H and O–H groups in total. The Hall–Kier alpha value is -0.570. The molecule has 3 nitrogen and oxygen atoms in total. The lowest BCUT2D eigenvalue weighted by molar-refractivity contribution is -0.132. The van der Waals surface area contributed by atoms with E-state index in [9.17, 15) is 4.79 Å². The molecule has 3 heteroatoms. The van der Waals surface area contributed by atoms with Gasteiger partial charge < -0.3 is 4.90 Å². The van der Waals surface area contributed by atoms with Gasteiger partial charge in [-0.3, -0.25) is 10.1 Å². The predicted octanol–water partition coefficient (Wildman–Crippen LogP) is 2.12. The number of rotatable bonds is 3. The molecule has 1 atom stereocenters. The Morgan fingerprint density at radius 2 is 2.06 bits per heavy atom. The number of carbonyl (C=O) groups excluding carboxylic acids is 1. The zero-order valence-corrected chi connectivity index (χ0v) is 11.0. The van der Waals surface area contributed by atoms with E-state index in [-0.39, 0.29) is 17.1 Å². The van der Waals surface area contributed by atoms with Gasteiger partial charge >= 0.3 is 0 Å². The highest BCUT2D eigenvalue weighted by Crippen LogP contribution is 2.43. The largest absolute Gasteiger partial charge is 0.325 e. The summed E-state index contributed by atoms with van der Waals surface area (Å²) in [6.45, 7) is 9.63. The van der Waals surface area contributed by atoms with E-state index in [4.69, 9.17) is 0 Å². The molecule has 0 radical (unpaired) electrons. The van der Waals surface area contributed by atoms with Crippen molar-refractivity contribution in [3.05, 3.63) is 0 Å². The first-order valence-electron chi connectivity index (χ1n) is 6.47. The maximum atomic E-state index is 12.3. The first-order chi connectivity index (χ1) is 7.38. The van der Waals surface area contributed by atoms with Crippen LogP contribution < -0.4 is 5.32 Å². The Balaban J connectivity index is 2.09. The summed E-state index contributed by atoms with van der Waals surface area (Å²) in [6, 6.07) is 0. The van der Waals surface area contributed by atoms with Crippen molar-refractivity contribution in [3.63, 3.8) is 0 Å². The van der Waals surface area contributed by atoms with E-state index < -0.39 is 0 Å².